The van der Waals surface area contributed by atoms with Gasteiger partial charge in [0.05, 0.1) is 5.69 Å². The van der Waals surface area contributed by atoms with Crippen LogP contribution in [0.3, 0.4) is 0 Å². The Morgan fingerprint density at radius 1 is 1.11 bits per heavy atom. The van der Waals surface area contributed by atoms with E-state index >= 15 is 0 Å². The zero-order chi connectivity index (χ0) is 13.9. The maximum Gasteiger partial charge on any atom is 0.422 e. The zero-order valence-electron chi connectivity index (χ0n) is 9.70. The number of amides is 1. The third-order valence-electron chi connectivity index (χ3n) is 2.39. The molecule has 0 aliphatic rings. The van der Waals surface area contributed by atoms with Gasteiger partial charge < -0.3 is 4.74 Å². The SMILES string of the molecule is O=C(Nc1cccc2ccccc12)OCC(F)(F)F. The van der Waals surface area contributed by atoms with Gasteiger partial charge in [-0.05, 0) is 11.5 Å². The summed E-state index contributed by atoms with van der Waals surface area (Å²) < 4.78 is 39.8. The summed E-state index contributed by atoms with van der Waals surface area (Å²) in [7, 11) is 0. The van der Waals surface area contributed by atoms with Crippen LogP contribution >= 0.6 is 0 Å². The Morgan fingerprint density at radius 2 is 1.79 bits per heavy atom. The van der Waals surface area contributed by atoms with Crippen LogP contribution in [0.1, 0.15) is 0 Å². The lowest BCUT2D eigenvalue weighted by Crippen LogP contribution is -2.23. The van der Waals surface area contributed by atoms with E-state index in [1.165, 1.54) is 0 Å². The first-order chi connectivity index (χ1) is 8.96. The summed E-state index contributed by atoms with van der Waals surface area (Å²) >= 11 is 0. The van der Waals surface area contributed by atoms with Gasteiger partial charge >= 0.3 is 12.3 Å². The zero-order valence-corrected chi connectivity index (χ0v) is 9.70. The summed E-state index contributed by atoms with van der Waals surface area (Å²) in [5.41, 5.74) is 0.408. The third kappa shape index (κ3) is 3.61. The van der Waals surface area contributed by atoms with E-state index in [0.717, 1.165) is 10.8 Å². The minimum absolute atomic E-state index is 0.408. The second-order valence-corrected chi connectivity index (χ2v) is 3.84. The topological polar surface area (TPSA) is 38.3 Å². The Kier molecular flexibility index (Phi) is 3.59. The van der Waals surface area contributed by atoms with Crippen molar-refractivity contribution in [1.82, 2.24) is 0 Å². The van der Waals surface area contributed by atoms with E-state index in [-0.39, 0.29) is 0 Å². The van der Waals surface area contributed by atoms with Crippen LogP contribution in [-0.2, 0) is 4.74 Å². The number of benzene rings is 2. The van der Waals surface area contributed by atoms with Crippen LogP contribution in [0.5, 0.6) is 0 Å². The minimum atomic E-state index is -4.53. The van der Waals surface area contributed by atoms with Crippen molar-refractivity contribution < 1.29 is 22.7 Å². The molecule has 2 rings (SSSR count). The van der Waals surface area contributed by atoms with E-state index in [1.54, 1.807) is 24.3 Å². The summed E-state index contributed by atoms with van der Waals surface area (Å²) in [6, 6.07) is 12.3. The van der Waals surface area contributed by atoms with Crippen LogP contribution in [0.15, 0.2) is 42.5 Å². The molecular weight excluding hydrogens is 259 g/mol. The fraction of sp³-hybridized carbons (Fsp3) is 0.154. The predicted octanol–water partition coefficient (Wildman–Crippen LogP) is 3.95. The van der Waals surface area contributed by atoms with Gasteiger partial charge in [-0.2, -0.15) is 13.2 Å². The molecule has 0 atom stereocenters. The fourth-order valence-electron chi connectivity index (χ4n) is 1.63. The Balaban J connectivity index is 2.11. The highest BCUT2D eigenvalue weighted by Crippen LogP contribution is 2.23. The van der Waals surface area contributed by atoms with E-state index < -0.39 is 18.9 Å². The number of ether oxygens (including phenoxy) is 1. The minimum Gasteiger partial charge on any atom is -0.440 e. The van der Waals surface area contributed by atoms with Gasteiger partial charge in [0.2, 0.25) is 0 Å². The molecule has 2 aromatic carbocycles. The number of alkyl halides is 3. The molecule has 0 aromatic heterocycles. The van der Waals surface area contributed by atoms with E-state index in [2.05, 4.69) is 10.1 Å². The number of carbonyl (C=O) groups is 1. The number of carbonyl (C=O) groups excluding carboxylic acids is 1. The van der Waals surface area contributed by atoms with E-state index in [4.69, 9.17) is 0 Å². The summed E-state index contributed by atoms with van der Waals surface area (Å²) in [6.45, 7) is -1.61. The first-order valence-electron chi connectivity index (χ1n) is 5.44. The smallest absolute Gasteiger partial charge is 0.422 e. The van der Waals surface area contributed by atoms with Crippen LogP contribution in [0.25, 0.3) is 10.8 Å². The van der Waals surface area contributed by atoms with Crippen LogP contribution < -0.4 is 5.32 Å². The van der Waals surface area contributed by atoms with Crippen LogP contribution in [-0.4, -0.2) is 18.9 Å². The number of fused-ring (bicyclic) bond motifs is 1. The van der Waals surface area contributed by atoms with Gasteiger partial charge in [0.1, 0.15) is 0 Å². The van der Waals surface area contributed by atoms with Crippen LogP contribution in [0.4, 0.5) is 23.7 Å². The number of nitrogens with one attached hydrogen (secondary N) is 1. The lowest BCUT2D eigenvalue weighted by atomic mass is 10.1. The maximum atomic E-state index is 11.9. The first-order valence-corrected chi connectivity index (χ1v) is 5.44. The van der Waals surface area contributed by atoms with E-state index in [1.807, 2.05) is 18.2 Å². The summed E-state index contributed by atoms with van der Waals surface area (Å²) in [5, 5.41) is 3.90. The maximum absolute atomic E-state index is 11.9. The Hall–Kier alpha value is -2.24. The van der Waals surface area contributed by atoms with Crippen LogP contribution in [0.2, 0.25) is 0 Å². The molecule has 0 bridgehead atoms. The van der Waals surface area contributed by atoms with Crippen LogP contribution in [0, 0.1) is 0 Å². The molecule has 0 aliphatic carbocycles. The number of hydrogen-bond donors (Lipinski definition) is 1. The lowest BCUT2D eigenvalue weighted by Gasteiger charge is -2.10. The highest BCUT2D eigenvalue weighted by Gasteiger charge is 2.29. The molecular formula is C13H10F3NO2. The van der Waals surface area contributed by atoms with Gasteiger partial charge in [0.25, 0.3) is 0 Å². The van der Waals surface area contributed by atoms with Gasteiger partial charge in [0.15, 0.2) is 6.61 Å². The molecule has 0 fully saturated rings. The van der Waals surface area contributed by atoms with Crippen molar-refractivity contribution in [1.29, 1.82) is 0 Å². The van der Waals surface area contributed by atoms with Gasteiger partial charge in [-0.1, -0.05) is 36.4 Å². The van der Waals surface area contributed by atoms with Gasteiger partial charge in [-0.15, -0.1) is 0 Å². The second-order valence-electron chi connectivity index (χ2n) is 3.84. The van der Waals surface area contributed by atoms with Crippen molar-refractivity contribution in [2.24, 2.45) is 0 Å². The molecule has 2 aromatic rings. The quantitative estimate of drug-likeness (QED) is 0.896. The van der Waals surface area contributed by atoms with Crippen molar-refractivity contribution in [2.75, 3.05) is 11.9 Å². The number of halogens is 3. The van der Waals surface area contributed by atoms with Crippen molar-refractivity contribution in [2.45, 2.75) is 6.18 Å². The molecule has 6 heteroatoms. The predicted molar refractivity (Wildman–Crippen MR) is 65.0 cm³/mol. The van der Waals surface area contributed by atoms with Crippen molar-refractivity contribution in [3.05, 3.63) is 42.5 Å². The Bertz CT molecular complexity index is 590. The van der Waals surface area contributed by atoms with E-state index in [9.17, 15) is 18.0 Å². The van der Waals surface area contributed by atoms with Gasteiger partial charge in [-0.3, -0.25) is 5.32 Å². The molecule has 19 heavy (non-hydrogen) atoms. The molecule has 0 heterocycles. The molecule has 0 spiro atoms. The van der Waals surface area contributed by atoms with Crippen molar-refractivity contribution in [3.8, 4) is 0 Å². The standard InChI is InChI=1S/C13H10F3NO2/c14-13(15,16)8-19-12(18)17-11-7-3-5-9-4-1-2-6-10(9)11/h1-7H,8H2,(H,17,18). The molecule has 1 amide bonds. The molecule has 0 saturated heterocycles. The number of anilines is 1. The highest BCUT2D eigenvalue weighted by molar-refractivity contribution is 6.00. The number of rotatable bonds is 2. The first kappa shape index (κ1) is 13.2. The van der Waals surface area contributed by atoms with E-state index in [0.29, 0.717) is 5.69 Å². The number of hydrogen-bond acceptors (Lipinski definition) is 2. The Labute approximate surface area is 107 Å². The third-order valence-corrected chi connectivity index (χ3v) is 2.39. The lowest BCUT2D eigenvalue weighted by molar-refractivity contribution is -0.159. The van der Waals surface area contributed by atoms with Gasteiger partial charge in [-0.25, -0.2) is 4.79 Å². The molecule has 3 nitrogen and oxygen atoms in total. The molecule has 1 N–H and O–H groups in total. The monoisotopic (exact) mass is 269 g/mol. The summed E-state index contributed by atoms with van der Waals surface area (Å²) in [4.78, 5) is 11.3. The molecule has 0 radical (unpaired) electrons. The van der Waals surface area contributed by atoms with Crippen molar-refractivity contribution in [3.63, 3.8) is 0 Å². The fourth-order valence-corrected chi connectivity index (χ4v) is 1.63. The Morgan fingerprint density at radius 3 is 2.53 bits per heavy atom. The second kappa shape index (κ2) is 5.17. The van der Waals surface area contributed by atoms with Crippen molar-refractivity contribution >= 4 is 22.6 Å². The average molecular weight is 269 g/mol. The summed E-state index contributed by atoms with van der Waals surface area (Å²) in [6.07, 6.45) is -5.66. The van der Waals surface area contributed by atoms with Gasteiger partial charge in [0, 0.05) is 5.39 Å². The largest absolute Gasteiger partial charge is 0.440 e. The average Bonchev–Trinajstić information content (AvgIpc) is 2.36. The highest BCUT2D eigenvalue weighted by atomic mass is 19.4. The summed E-state index contributed by atoms with van der Waals surface area (Å²) in [5.74, 6) is 0. The molecule has 100 valence electrons. The molecule has 0 saturated carbocycles. The molecule has 0 aliphatic heterocycles. The normalized spacial score (nSPS) is 11.3. The molecule has 0 unspecified atom stereocenters.